The van der Waals surface area contributed by atoms with E-state index in [2.05, 4.69) is 51.7 Å². The Kier molecular flexibility index (Phi) is 11.1. The summed E-state index contributed by atoms with van der Waals surface area (Å²) in [6.07, 6.45) is 17.4. The van der Waals surface area contributed by atoms with Crippen LogP contribution in [0.1, 0.15) is 98.8 Å². The highest BCUT2D eigenvalue weighted by atomic mass is 16.3. The minimum absolute atomic E-state index is 0.218. The van der Waals surface area contributed by atoms with Crippen LogP contribution in [0.5, 0.6) is 0 Å². The zero-order valence-electron chi connectivity index (χ0n) is 20.4. The summed E-state index contributed by atoms with van der Waals surface area (Å²) in [6.45, 7) is 12.6. The molecule has 2 aliphatic carbocycles. The number of unbranched alkanes of at least 4 members (excludes halogenated alkanes) is 4. The molecule has 0 saturated heterocycles. The van der Waals surface area contributed by atoms with Crippen LogP contribution in [0.4, 0.5) is 0 Å². The summed E-state index contributed by atoms with van der Waals surface area (Å²) in [5, 5.41) is 20.7. The maximum atomic E-state index is 10.5. The third-order valence-corrected chi connectivity index (χ3v) is 7.35. The summed E-state index contributed by atoms with van der Waals surface area (Å²) in [6, 6.07) is 1.26. The van der Waals surface area contributed by atoms with Crippen molar-refractivity contribution < 1.29 is 10.2 Å². The molecule has 0 spiro atoms. The van der Waals surface area contributed by atoms with Crippen LogP contribution in [0.15, 0.2) is 23.8 Å². The summed E-state index contributed by atoms with van der Waals surface area (Å²) < 4.78 is 0. The van der Waals surface area contributed by atoms with E-state index in [0.29, 0.717) is 23.9 Å². The molecule has 2 aliphatic rings. The summed E-state index contributed by atoms with van der Waals surface area (Å²) in [4.78, 5) is 2.59. The Morgan fingerprint density at radius 2 is 1.80 bits per heavy atom. The third kappa shape index (κ3) is 7.80. The van der Waals surface area contributed by atoms with E-state index in [0.717, 1.165) is 25.7 Å². The monoisotopic (exact) mass is 419 g/mol. The normalized spacial score (nSPS) is 27.6. The molecule has 1 fully saturated rings. The SMILES string of the molecule is CCCCC[C@@H](O)C=C[C@@H]1[C@H]2CC(CCCCCN(C(C)C)C(C)C)=C[C@H]2C[C@H]1O. The summed E-state index contributed by atoms with van der Waals surface area (Å²) in [7, 11) is 0. The Labute approximate surface area is 186 Å². The number of aliphatic hydroxyl groups excluding tert-OH is 2. The van der Waals surface area contributed by atoms with Crippen LogP contribution in [-0.4, -0.2) is 45.9 Å². The van der Waals surface area contributed by atoms with Crippen LogP contribution in [0.2, 0.25) is 0 Å². The molecule has 0 bridgehead atoms. The molecule has 0 amide bonds. The molecular formula is C27H49NO2. The van der Waals surface area contributed by atoms with Gasteiger partial charge in [0.2, 0.25) is 0 Å². The number of nitrogens with zero attached hydrogens (tertiary/aromatic N) is 1. The zero-order valence-corrected chi connectivity index (χ0v) is 20.4. The van der Waals surface area contributed by atoms with Gasteiger partial charge in [-0.25, -0.2) is 0 Å². The smallest absolute Gasteiger partial charge is 0.0721 e. The van der Waals surface area contributed by atoms with Gasteiger partial charge < -0.3 is 10.2 Å². The van der Waals surface area contributed by atoms with E-state index in [9.17, 15) is 10.2 Å². The van der Waals surface area contributed by atoms with Gasteiger partial charge >= 0.3 is 0 Å². The van der Waals surface area contributed by atoms with Gasteiger partial charge in [0, 0.05) is 18.0 Å². The molecule has 3 nitrogen and oxygen atoms in total. The molecule has 174 valence electrons. The highest BCUT2D eigenvalue weighted by Crippen LogP contribution is 2.48. The standard InChI is InChI=1S/C27H49NO2/c1-6-7-9-13-24(29)14-15-25-26-18-22(17-23(26)19-27(25)30)12-10-8-11-16-28(20(2)3)21(4)5/h14-15,17,20-21,23-27,29-30H,6-13,16,18-19H2,1-5H3/t23-,24+,25+,26-,27+/m0/s1. The lowest BCUT2D eigenvalue weighted by molar-refractivity contribution is 0.139. The van der Waals surface area contributed by atoms with Crippen molar-refractivity contribution >= 4 is 0 Å². The first-order valence-corrected chi connectivity index (χ1v) is 12.8. The Morgan fingerprint density at radius 1 is 1.07 bits per heavy atom. The number of rotatable bonds is 14. The van der Waals surface area contributed by atoms with Crippen molar-refractivity contribution in [3.63, 3.8) is 0 Å². The fourth-order valence-electron chi connectivity index (χ4n) is 5.68. The van der Waals surface area contributed by atoms with Crippen LogP contribution in [0, 0.1) is 17.8 Å². The van der Waals surface area contributed by atoms with Gasteiger partial charge in [-0.3, -0.25) is 4.90 Å². The predicted octanol–water partition coefficient (Wildman–Crippen LogP) is 6.11. The molecule has 0 aliphatic heterocycles. The number of aliphatic hydroxyl groups is 2. The van der Waals surface area contributed by atoms with Gasteiger partial charge in [0.1, 0.15) is 0 Å². The minimum Gasteiger partial charge on any atom is -0.392 e. The predicted molar refractivity (Wildman–Crippen MR) is 129 cm³/mol. The van der Waals surface area contributed by atoms with E-state index in [1.807, 2.05) is 6.08 Å². The average Bonchev–Trinajstić information content (AvgIpc) is 3.18. The average molecular weight is 420 g/mol. The van der Waals surface area contributed by atoms with Gasteiger partial charge in [-0.05, 0) is 84.6 Å². The lowest BCUT2D eigenvalue weighted by Crippen LogP contribution is -2.37. The number of fused-ring (bicyclic) bond motifs is 1. The Balaban J connectivity index is 1.72. The van der Waals surface area contributed by atoms with E-state index in [-0.39, 0.29) is 18.1 Å². The summed E-state index contributed by atoms with van der Waals surface area (Å²) in [5.74, 6) is 1.31. The van der Waals surface area contributed by atoms with Gasteiger partial charge in [-0.2, -0.15) is 0 Å². The second kappa shape index (κ2) is 13.0. The lowest BCUT2D eigenvalue weighted by atomic mass is 9.88. The molecule has 30 heavy (non-hydrogen) atoms. The molecule has 0 aromatic rings. The van der Waals surface area contributed by atoms with Crippen molar-refractivity contribution in [3.8, 4) is 0 Å². The number of hydrogen-bond donors (Lipinski definition) is 2. The molecular weight excluding hydrogens is 370 g/mol. The fourth-order valence-corrected chi connectivity index (χ4v) is 5.68. The van der Waals surface area contributed by atoms with Crippen molar-refractivity contribution in [2.75, 3.05) is 6.54 Å². The van der Waals surface area contributed by atoms with Crippen molar-refractivity contribution in [1.29, 1.82) is 0 Å². The fraction of sp³-hybridized carbons (Fsp3) is 0.852. The topological polar surface area (TPSA) is 43.7 Å². The third-order valence-electron chi connectivity index (χ3n) is 7.35. The molecule has 1 saturated carbocycles. The largest absolute Gasteiger partial charge is 0.392 e. The minimum atomic E-state index is -0.354. The van der Waals surface area contributed by atoms with Gasteiger partial charge in [-0.1, -0.05) is 56.4 Å². The highest BCUT2D eigenvalue weighted by molar-refractivity contribution is 5.21. The molecule has 0 unspecified atom stereocenters. The first kappa shape index (κ1) is 25.6. The van der Waals surface area contributed by atoms with E-state index >= 15 is 0 Å². The van der Waals surface area contributed by atoms with Crippen LogP contribution in [0.3, 0.4) is 0 Å². The molecule has 3 heteroatoms. The second-order valence-electron chi connectivity index (χ2n) is 10.4. The Hall–Kier alpha value is -0.640. The van der Waals surface area contributed by atoms with Crippen LogP contribution < -0.4 is 0 Å². The summed E-state index contributed by atoms with van der Waals surface area (Å²) >= 11 is 0. The first-order valence-electron chi connectivity index (χ1n) is 12.8. The molecule has 0 aromatic carbocycles. The van der Waals surface area contributed by atoms with E-state index in [1.54, 1.807) is 5.57 Å². The Morgan fingerprint density at radius 3 is 2.47 bits per heavy atom. The molecule has 5 atom stereocenters. The highest BCUT2D eigenvalue weighted by Gasteiger charge is 2.43. The van der Waals surface area contributed by atoms with Crippen LogP contribution in [-0.2, 0) is 0 Å². The first-order chi connectivity index (χ1) is 14.3. The van der Waals surface area contributed by atoms with Crippen molar-refractivity contribution in [2.24, 2.45) is 17.8 Å². The second-order valence-corrected chi connectivity index (χ2v) is 10.4. The van der Waals surface area contributed by atoms with Gasteiger partial charge in [-0.15, -0.1) is 0 Å². The van der Waals surface area contributed by atoms with Crippen molar-refractivity contribution in [3.05, 3.63) is 23.8 Å². The van der Waals surface area contributed by atoms with Crippen LogP contribution in [0.25, 0.3) is 0 Å². The van der Waals surface area contributed by atoms with Gasteiger partial charge in [0.15, 0.2) is 0 Å². The number of allylic oxidation sites excluding steroid dienone is 2. The number of hydrogen-bond acceptors (Lipinski definition) is 3. The zero-order chi connectivity index (χ0) is 22.1. The molecule has 2 N–H and O–H groups in total. The maximum absolute atomic E-state index is 10.5. The van der Waals surface area contributed by atoms with E-state index in [4.69, 9.17) is 0 Å². The molecule has 0 heterocycles. The maximum Gasteiger partial charge on any atom is 0.0721 e. The van der Waals surface area contributed by atoms with Gasteiger partial charge in [0.05, 0.1) is 12.2 Å². The van der Waals surface area contributed by atoms with E-state index < -0.39 is 0 Å². The Bertz CT molecular complexity index is 531. The lowest BCUT2D eigenvalue weighted by Gasteiger charge is -2.30. The summed E-state index contributed by atoms with van der Waals surface area (Å²) in [5.41, 5.74) is 1.61. The van der Waals surface area contributed by atoms with Gasteiger partial charge in [0.25, 0.3) is 0 Å². The molecule has 0 aromatic heterocycles. The van der Waals surface area contributed by atoms with Crippen molar-refractivity contribution in [2.45, 2.75) is 123 Å². The van der Waals surface area contributed by atoms with Crippen molar-refractivity contribution in [1.82, 2.24) is 4.90 Å². The van der Waals surface area contributed by atoms with E-state index in [1.165, 1.54) is 45.1 Å². The quantitative estimate of drug-likeness (QED) is 0.264. The molecule has 0 radical (unpaired) electrons. The molecule has 2 rings (SSSR count). The van der Waals surface area contributed by atoms with Crippen LogP contribution >= 0.6 is 0 Å².